The summed E-state index contributed by atoms with van der Waals surface area (Å²) in [6, 6.07) is 3.82. The van der Waals surface area contributed by atoms with Gasteiger partial charge in [-0.05, 0) is 48.8 Å². The summed E-state index contributed by atoms with van der Waals surface area (Å²) < 4.78 is 11.6. The Morgan fingerprint density at radius 2 is 1.82 bits per heavy atom. The molecule has 0 spiro atoms. The Hall–Kier alpha value is -1.27. The molecule has 0 bridgehead atoms. The van der Waals surface area contributed by atoms with E-state index < -0.39 is 0 Å². The molecular weight excluding hydrogens is 348 g/mol. The molecule has 1 aromatic carbocycles. The highest BCUT2D eigenvalue weighted by Gasteiger charge is 2.19. The van der Waals surface area contributed by atoms with Gasteiger partial charge in [-0.2, -0.15) is 0 Å². The van der Waals surface area contributed by atoms with Crippen molar-refractivity contribution in [3.63, 3.8) is 0 Å². The van der Waals surface area contributed by atoms with Crippen molar-refractivity contribution in [2.24, 2.45) is 0 Å². The molecule has 2 N–H and O–H groups in total. The second-order valence-corrected chi connectivity index (χ2v) is 7.26. The zero-order chi connectivity index (χ0) is 16.9. The minimum Gasteiger partial charge on any atom is -0.496 e. The molecule has 6 heteroatoms. The van der Waals surface area contributed by atoms with Crippen LogP contribution < -0.4 is 19.7 Å². The van der Waals surface area contributed by atoms with E-state index in [0.717, 1.165) is 26.4 Å². The highest BCUT2D eigenvalue weighted by Crippen LogP contribution is 2.32. The van der Waals surface area contributed by atoms with Crippen LogP contribution in [0.5, 0.6) is 11.5 Å². The zero-order valence-corrected chi connectivity index (χ0v) is 15.8. The van der Waals surface area contributed by atoms with Gasteiger partial charge in [0.15, 0.2) is 6.54 Å². The van der Waals surface area contributed by atoms with E-state index in [-0.39, 0.29) is 11.4 Å². The molecule has 0 heterocycles. The average molecular weight is 374 g/mol. The number of amides is 1. The summed E-state index contributed by atoms with van der Waals surface area (Å²) in [5.74, 6) is 1.57. The number of likely N-dealkylation sites (N-methyl/N-ethyl adjacent to an activating group) is 1. The normalized spacial score (nSPS) is 12.7. The molecule has 1 amide bonds. The number of methoxy groups -OCH3 is 2. The van der Waals surface area contributed by atoms with Crippen LogP contribution in [-0.4, -0.2) is 39.3 Å². The first-order chi connectivity index (χ1) is 10.2. The van der Waals surface area contributed by atoms with Gasteiger partial charge in [0.2, 0.25) is 0 Å². The number of hydrogen-bond donors (Lipinski definition) is 2. The second-order valence-electron chi connectivity index (χ2n) is 6.41. The molecule has 124 valence electrons. The summed E-state index contributed by atoms with van der Waals surface area (Å²) in [7, 11) is 5.25. The lowest BCUT2D eigenvalue weighted by atomic mass is 10.1. The van der Waals surface area contributed by atoms with E-state index in [9.17, 15) is 4.79 Å². The zero-order valence-electron chi connectivity index (χ0n) is 14.2. The molecule has 1 rings (SSSR count). The van der Waals surface area contributed by atoms with Gasteiger partial charge in [-0.25, -0.2) is 0 Å². The fourth-order valence-corrected chi connectivity index (χ4v) is 2.67. The molecule has 1 unspecified atom stereocenters. The molecule has 1 atom stereocenters. The Balaban J connectivity index is 2.79. The quantitative estimate of drug-likeness (QED) is 0.792. The number of benzene rings is 1. The van der Waals surface area contributed by atoms with Gasteiger partial charge in [0.05, 0.1) is 31.3 Å². The van der Waals surface area contributed by atoms with Gasteiger partial charge < -0.3 is 19.7 Å². The maximum Gasteiger partial charge on any atom is 0.275 e. The minimum absolute atomic E-state index is 0.0352. The molecular formula is C16H26BrN2O3+. The minimum atomic E-state index is -0.212. The summed E-state index contributed by atoms with van der Waals surface area (Å²) in [6.45, 7) is 7.00. The number of quaternary nitrogens is 1. The Morgan fingerprint density at radius 3 is 2.32 bits per heavy atom. The molecule has 22 heavy (non-hydrogen) atoms. The van der Waals surface area contributed by atoms with E-state index in [1.54, 1.807) is 14.2 Å². The topological polar surface area (TPSA) is 52.0 Å². The predicted molar refractivity (Wildman–Crippen MR) is 90.6 cm³/mol. The molecule has 1 aromatic rings. The smallest absolute Gasteiger partial charge is 0.275 e. The maximum absolute atomic E-state index is 12.0. The van der Waals surface area contributed by atoms with Crippen LogP contribution in [0.25, 0.3) is 0 Å². The second kappa shape index (κ2) is 7.83. The molecule has 0 fully saturated rings. The monoisotopic (exact) mass is 373 g/mol. The van der Waals surface area contributed by atoms with Crippen molar-refractivity contribution in [2.75, 3.05) is 27.8 Å². The van der Waals surface area contributed by atoms with E-state index in [0.29, 0.717) is 13.1 Å². The fraction of sp³-hybridized carbons (Fsp3) is 0.562. The standard InChI is InChI=1S/C16H25BrN2O3/c1-16(2,3)18-15(20)10-19(4)9-11-7-14(22-6)12(17)8-13(11)21-5/h7-8H,9-10H2,1-6H3,(H,18,20)/p+1. The number of halogens is 1. The van der Waals surface area contributed by atoms with Gasteiger partial charge in [0.1, 0.15) is 18.0 Å². The Bertz CT molecular complexity index is 527. The van der Waals surface area contributed by atoms with E-state index in [1.807, 2.05) is 40.0 Å². The third-order valence-corrected chi connectivity index (χ3v) is 3.64. The van der Waals surface area contributed by atoms with Crippen molar-refractivity contribution in [1.82, 2.24) is 5.32 Å². The molecule has 5 nitrogen and oxygen atoms in total. The lowest BCUT2D eigenvalue weighted by Gasteiger charge is -2.22. The molecule has 0 aliphatic rings. The molecule has 0 aromatic heterocycles. The third-order valence-electron chi connectivity index (χ3n) is 3.02. The average Bonchev–Trinajstić information content (AvgIpc) is 2.37. The first-order valence-electron chi connectivity index (χ1n) is 7.19. The van der Waals surface area contributed by atoms with Gasteiger partial charge in [0.25, 0.3) is 5.91 Å². The van der Waals surface area contributed by atoms with Crippen molar-refractivity contribution >= 4 is 21.8 Å². The summed E-state index contributed by atoms with van der Waals surface area (Å²) >= 11 is 3.45. The van der Waals surface area contributed by atoms with Crippen LogP contribution in [-0.2, 0) is 11.3 Å². The number of rotatable bonds is 6. The number of carbonyl (C=O) groups excluding carboxylic acids is 1. The number of ether oxygens (including phenoxy) is 2. The van der Waals surface area contributed by atoms with Crippen LogP contribution >= 0.6 is 15.9 Å². The SMILES string of the molecule is COc1cc(C[NH+](C)CC(=O)NC(C)(C)C)c(OC)cc1Br. The lowest BCUT2D eigenvalue weighted by molar-refractivity contribution is -0.885. The Morgan fingerprint density at radius 1 is 1.23 bits per heavy atom. The summed E-state index contributed by atoms with van der Waals surface area (Å²) in [5.41, 5.74) is 0.791. The van der Waals surface area contributed by atoms with E-state index >= 15 is 0 Å². The first-order valence-corrected chi connectivity index (χ1v) is 7.98. The van der Waals surface area contributed by atoms with Gasteiger partial charge in [-0.15, -0.1) is 0 Å². The van der Waals surface area contributed by atoms with Crippen molar-refractivity contribution < 1.29 is 19.2 Å². The van der Waals surface area contributed by atoms with Gasteiger partial charge >= 0.3 is 0 Å². The molecule has 0 saturated carbocycles. The van der Waals surface area contributed by atoms with Crippen molar-refractivity contribution in [1.29, 1.82) is 0 Å². The fourth-order valence-electron chi connectivity index (χ4n) is 2.19. The molecule has 0 aliphatic carbocycles. The summed E-state index contributed by atoms with van der Waals surface area (Å²) in [6.07, 6.45) is 0. The third kappa shape index (κ3) is 5.85. The predicted octanol–water partition coefficient (Wildman–Crippen LogP) is 1.40. The van der Waals surface area contributed by atoms with Crippen molar-refractivity contribution in [3.05, 3.63) is 22.2 Å². The highest BCUT2D eigenvalue weighted by molar-refractivity contribution is 9.10. The van der Waals surface area contributed by atoms with Crippen LogP contribution in [0, 0.1) is 0 Å². The lowest BCUT2D eigenvalue weighted by Crippen LogP contribution is -3.09. The van der Waals surface area contributed by atoms with Crippen LogP contribution in [0.15, 0.2) is 16.6 Å². The van der Waals surface area contributed by atoms with Gasteiger partial charge in [-0.3, -0.25) is 4.79 Å². The van der Waals surface area contributed by atoms with Crippen LogP contribution in [0.3, 0.4) is 0 Å². The highest BCUT2D eigenvalue weighted by atomic mass is 79.9. The summed E-state index contributed by atoms with van der Waals surface area (Å²) in [4.78, 5) is 13.1. The Kier molecular flexibility index (Phi) is 6.68. The van der Waals surface area contributed by atoms with Gasteiger partial charge in [0, 0.05) is 5.54 Å². The largest absolute Gasteiger partial charge is 0.496 e. The van der Waals surface area contributed by atoms with Crippen LogP contribution in [0.1, 0.15) is 26.3 Å². The van der Waals surface area contributed by atoms with E-state index in [1.165, 1.54) is 0 Å². The molecule has 0 aliphatic heterocycles. The van der Waals surface area contributed by atoms with Crippen LogP contribution in [0.4, 0.5) is 0 Å². The van der Waals surface area contributed by atoms with Crippen LogP contribution in [0.2, 0.25) is 0 Å². The summed E-state index contributed by atoms with van der Waals surface area (Å²) in [5, 5.41) is 2.97. The van der Waals surface area contributed by atoms with E-state index in [4.69, 9.17) is 9.47 Å². The molecule has 0 radical (unpaired) electrons. The number of carbonyl (C=O) groups is 1. The van der Waals surface area contributed by atoms with Gasteiger partial charge in [-0.1, -0.05) is 0 Å². The van der Waals surface area contributed by atoms with Crippen molar-refractivity contribution in [2.45, 2.75) is 32.9 Å². The number of nitrogens with one attached hydrogen (secondary N) is 2. The number of hydrogen-bond acceptors (Lipinski definition) is 3. The Labute approximate surface area is 141 Å². The van der Waals surface area contributed by atoms with E-state index in [2.05, 4.69) is 21.2 Å². The molecule has 0 saturated heterocycles. The van der Waals surface area contributed by atoms with Crippen molar-refractivity contribution in [3.8, 4) is 11.5 Å². The first kappa shape index (κ1) is 18.8. The maximum atomic E-state index is 12.0.